The molecule has 1 aliphatic rings. The van der Waals surface area contributed by atoms with E-state index < -0.39 is 0 Å². The molecule has 1 unspecified atom stereocenters. The van der Waals surface area contributed by atoms with Crippen molar-refractivity contribution in [1.29, 1.82) is 0 Å². The Morgan fingerprint density at radius 1 is 1.05 bits per heavy atom. The van der Waals surface area contributed by atoms with Crippen LogP contribution >= 0.6 is 0 Å². The third kappa shape index (κ3) is 2.13. The minimum atomic E-state index is 0.510. The van der Waals surface area contributed by atoms with Crippen molar-refractivity contribution in [3.63, 3.8) is 0 Å². The lowest BCUT2D eigenvalue weighted by Gasteiger charge is -2.13. The van der Waals surface area contributed by atoms with Crippen LogP contribution in [0.4, 0.5) is 0 Å². The van der Waals surface area contributed by atoms with E-state index in [4.69, 9.17) is 4.98 Å². The lowest BCUT2D eigenvalue weighted by atomic mass is 9.98. The summed E-state index contributed by atoms with van der Waals surface area (Å²) in [6.45, 7) is 2.21. The standard InChI is InChI=1S/C18H16N4/c1-13-8-9-16-15(12-13)21-18(14-6-2-4-10-19-14)22(16)17-7-3-5-11-20-17/h2-11,13H,12H2,1H3. The Kier molecular flexibility index (Phi) is 3.07. The fourth-order valence-electron chi connectivity index (χ4n) is 2.81. The van der Waals surface area contributed by atoms with Crippen molar-refractivity contribution in [2.24, 2.45) is 5.92 Å². The molecule has 0 amide bonds. The van der Waals surface area contributed by atoms with E-state index in [2.05, 4.69) is 33.6 Å². The minimum absolute atomic E-state index is 0.510. The predicted octanol–water partition coefficient (Wildman–Crippen LogP) is 3.53. The van der Waals surface area contributed by atoms with E-state index in [-0.39, 0.29) is 0 Å². The first-order valence-corrected chi connectivity index (χ1v) is 7.45. The van der Waals surface area contributed by atoms with E-state index in [1.54, 1.807) is 12.4 Å². The molecule has 3 heterocycles. The number of hydrogen-bond acceptors (Lipinski definition) is 3. The zero-order chi connectivity index (χ0) is 14.9. The molecule has 1 atom stereocenters. The molecule has 3 aromatic heterocycles. The SMILES string of the molecule is CC1C=Cc2c(nc(-c3ccccn3)n2-c2ccccn2)C1. The summed E-state index contributed by atoms with van der Waals surface area (Å²) in [5, 5.41) is 0. The number of allylic oxidation sites excluding steroid dienone is 1. The molecule has 0 spiro atoms. The molecule has 0 fully saturated rings. The first-order valence-electron chi connectivity index (χ1n) is 7.45. The first-order chi connectivity index (χ1) is 10.8. The van der Waals surface area contributed by atoms with Gasteiger partial charge in [0.05, 0.1) is 11.4 Å². The number of pyridine rings is 2. The van der Waals surface area contributed by atoms with Gasteiger partial charge in [0.15, 0.2) is 5.82 Å². The molecule has 22 heavy (non-hydrogen) atoms. The summed E-state index contributed by atoms with van der Waals surface area (Å²) in [5.74, 6) is 2.23. The first kappa shape index (κ1) is 13.0. The average Bonchev–Trinajstić information content (AvgIpc) is 2.95. The molecule has 0 radical (unpaired) electrons. The van der Waals surface area contributed by atoms with Gasteiger partial charge in [0.25, 0.3) is 0 Å². The second-order valence-electron chi connectivity index (χ2n) is 5.55. The van der Waals surface area contributed by atoms with Crippen LogP contribution in [0.2, 0.25) is 0 Å². The van der Waals surface area contributed by atoms with Crippen LogP contribution in [0.15, 0.2) is 54.9 Å². The number of rotatable bonds is 2. The summed E-state index contributed by atoms with van der Waals surface area (Å²) >= 11 is 0. The summed E-state index contributed by atoms with van der Waals surface area (Å²) in [6, 6.07) is 11.8. The molecule has 0 saturated heterocycles. The fourth-order valence-corrected chi connectivity index (χ4v) is 2.81. The molecular weight excluding hydrogens is 272 g/mol. The molecule has 0 bridgehead atoms. The van der Waals surface area contributed by atoms with Gasteiger partial charge >= 0.3 is 0 Å². The van der Waals surface area contributed by atoms with Gasteiger partial charge in [-0.2, -0.15) is 0 Å². The Balaban J connectivity index is 1.98. The maximum absolute atomic E-state index is 4.86. The van der Waals surface area contributed by atoms with Gasteiger partial charge in [0.2, 0.25) is 0 Å². The van der Waals surface area contributed by atoms with Crippen LogP contribution in [-0.4, -0.2) is 19.5 Å². The summed E-state index contributed by atoms with van der Waals surface area (Å²) in [4.78, 5) is 13.8. The fraction of sp³-hybridized carbons (Fsp3) is 0.167. The van der Waals surface area contributed by atoms with Crippen LogP contribution < -0.4 is 0 Å². The van der Waals surface area contributed by atoms with Gasteiger partial charge < -0.3 is 0 Å². The van der Waals surface area contributed by atoms with Crippen molar-refractivity contribution in [1.82, 2.24) is 19.5 Å². The van der Waals surface area contributed by atoms with Crippen LogP contribution in [-0.2, 0) is 6.42 Å². The monoisotopic (exact) mass is 288 g/mol. The lowest BCUT2D eigenvalue weighted by molar-refractivity contribution is 0.701. The molecule has 3 aromatic rings. The Labute approximate surface area is 129 Å². The number of aromatic nitrogens is 4. The third-order valence-electron chi connectivity index (χ3n) is 3.86. The molecule has 108 valence electrons. The van der Waals surface area contributed by atoms with Gasteiger partial charge in [-0.3, -0.25) is 9.55 Å². The molecule has 0 aromatic carbocycles. The van der Waals surface area contributed by atoms with Gasteiger partial charge in [-0.05, 0) is 42.7 Å². The highest BCUT2D eigenvalue weighted by atomic mass is 15.2. The van der Waals surface area contributed by atoms with Crippen molar-refractivity contribution in [3.05, 3.63) is 66.3 Å². The number of fused-ring (bicyclic) bond motifs is 1. The van der Waals surface area contributed by atoms with Gasteiger partial charge in [-0.1, -0.05) is 25.1 Å². The largest absolute Gasteiger partial charge is 0.275 e. The highest BCUT2D eigenvalue weighted by Gasteiger charge is 2.22. The second kappa shape index (κ2) is 5.22. The van der Waals surface area contributed by atoms with Crippen molar-refractivity contribution in [3.8, 4) is 17.3 Å². The second-order valence-corrected chi connectivity index (χ2v) is 5.55. The molecule has 1 aliphatic carbocycles. The van der Waals surface area contributed by atoms with Crippen LogP contribution in [0.5, 0.6) is 0 Å². The number of imidazole rings is 1. The number of hydrogen-bond donors (Lipinski definition) is 0. The highest BCUT2D eigenvalue weighted by Crippen LogP contribution is 2.30. The zero-order valence-electron chi connectivity index (χ0n) is 12.3. The maximum Gasteiger partial charge on any atom is 0.165 e. The minimum Gasteiger partial charge on any atom is -0.275 e. The van der Waals surface area contributed by atoms with Crippen LogP contribution in [0.1, 0.15) is 18.3 Å². The summed E-state index contributed by atoms with van der Waals surface area (Å²) in [5.41, 5.74) is 3.09. The van der Waals surface area contributed by atoms with Gasteiger partial charge in [0, 0.05) is 12.4 Å². The topological polar surface area (TPSA) is 43.6 Å². The highest BCUT2D eigenvalue weighted by molar-refractivity contribution is 5.63. The van der Waals surface area contributed by atoms with E-state index in [1.807, 2.05) is 36.4 Å². The van der Waals surface area contributed by atoms with E-state index in [0.29, 0.717) is 5.92 Å². The Morgan fingerprint density at radius 3 is 2.59 bits per heavy atom. The van der Waals surface area contributed by atoms with Crippen molar-refractivity contribution >= 4 is 6.08 Å². The molecular formula is C18H16N4. The molecule has 4 rings (SSSR count). The van der Waals surface area contributed by atoms with Crippen molar-refractivity contribution < 1.29 is 0 Å². The Hall–Kier alpha value is -2.75. The lowest BCUT2D eigenvalue weighted by Crippen LogP contribution is -2.07. The van der Waals surface area contributed by atoms with Gasteiger partial charge in [-0.15, -0.1) is 0 Å². The zero-order valence-corrected chi connectivity index (χ0v) is 12.3. The van der Waals surface area contributed by atoms with E-state index in [9.17, 15) is 0 Å². The molecule has 0 N–H and O–H groups in total. The smallest absolute Gasteiger partial charge is 0.165 e. The predicted molar refractivity (Wildman–Crippen MR) is 86.5 cm³/mol. The van der Waals surface area contributed by atoms with E-state index in [0.717, 1.165) is 35.1 Å². The van der Waals surface area contributed by atoms with E-state index >= 15 is 0 Å². The molecule has 4 nitrogen and oxygen atoms in total. The van der Waals surface area contributed by atoms with Crippen molar-refractivity contribution in [2.45, 2.75) is 13.3 Å². The van der Waals surface area contributed by atoms with Gasteiger partial charge in [-0.25, -0.2) is 9.97 Å². The van der Waals surface area contributed by atoms with Crippen LogP contribution in [0.25, 0.3) is 23.4 Å². The molecule has 0 aliphatic heterocycles. The van der Waals surface area contributed by atoms with Gasteiger partial charge in [0.1, 0.15) is 11.5 Å². The van der Waals surface area contributed by atoms with Crippen LogP contribution in [0, 0.1) is 5.92 Å². The summed E-state index contributed by atoms with van der Waals surface area (Å²) in [7, 11) is 0. The molecule has 4 heteroatoms. The summed E-state index contributed by atoms with van der Waals surface area (Å²) in [6.07, 6.45) is 8.93. The summed E-state index contributed by atoms with van der Waals surface area (Å²) < 4.78 is 2.10. The Morgan fingerprint density at radius 2 is 1.86 bits per heavy atom. The third-order valence-corrected chi connectivity index (χ3v) is 3.86. The molecule has 0 saturated carbocycles. The van der Waals surface area contributed by atoms with Crippen LogP contribution in [0.3, 0.4) is 0 Å². The maximum atomic E-state index is 4.86. The van der Waals surface area contributed by atoms with Crippen molar-refractivity contribution in [2.75, 3.05) is 0 Å². The van der Waals surface area contributed by atoms with E-state index in [1.165, 1.54) is 0 Å². The number of nitrogens with zero attached hydrogens (tertiary/aromatic N) is 4. The normalized spacial score (nSPS) is 16.5. The Bertz CT molecular complexity index is 819. The average molecular weight is 288 g/mol. The quantitative estimate of drug-likeness (QED) is 0.724.